The smallest absolute Gasteiger partial charge is 0.257 e. The normalized spacial score (nSPS) is 21.0. The van der Waals surface area contributed by atoms with Crippen molar-refractivity contribution in [3.8, 4) is 0 Å². The van der Waals surface area contributed by atoms with Crippen molar-refractivity contribution in [2.75, 3.05) is 25.4 Å². The monoisotopic (exact) mass is 461 g/mol. The molecule has 1 saturated heterocycles. The zero-order valence-corrected chi connectivity index (χ0v) is 18.8. The molecule has 2 amide bonds. The van der Waals surface area contributed by atoms with Gasteiger partial charge in [0.15, 0.2) is 0 Å². The van der Waals surface area contributed by atoms with Gasteiger partial charge in [-0.05, 0) is 31.9 Å². The molecule has 3 atom stereocenters. The van der Waals surface area contributed by atoms with Crippen LogP contribution in [0.25, 0.3) is 0 Å². The molecule has 1 aliphatic heterocycles. The number of hydrogen-bond donors (Lipinski definition) is 2. The van der Waals surface area contributed by atoms with Crippen LogP contribution in [-0.4, -0.2) is 68.2 Å². The number of hydrogen-bond acceptors (Lipinski definition) is 5. The summed E-state index contributed by atoms with van der Waals surface area (Å²) in [4.78, 5) is 24.9. The van der Waals surface area contributed by atoms with Gasteiger partial charge < -0.3 is 15.4 Å². The molecule has 31 heavy (non-hydrogen) atoms. The lowest BCUT2D eigenvalue weighted by molar-refractivity contribution is -0.123. The average molecular weight is 462 g/mol. The molecule has 1 aromatic carbocycles. The highest BCUT2D eigenvalue weighted by atomic mass is 32.2. The summed E-state index contributed by atoms with van der Waals surface area (Å²) in [5.41, 5.74) is -0.779. The van der Waals surface area contributed by atoms with Crippen molar-refractivity contribution in [1.82, 2.24) is 14.9 Å². The second-order valence-corrected chi connectivity index (χ2v) is 10.1. The van der Waals surface area contributed by atoms with E-state index in [0.29, 0.717) is 0 Å². The highest BCUT2D eigenvalue weighted by Crippen LogP contribution is 2.15. The molecule has 0 spiro atoms. The van der Waals surface area contributed by atoms with E-state index in [1.165, 1.54) is 4.31 Å². The largest absolute Gasteiger partial charge is 0.373 e. The first-order valence-electron chi connectivity index (χ1n) is 10.1. The lowest BCUT2D eigenvalue weighted by Crippen LogP contribution is -2.52. The van der Waals surface area contributed by atoms with Crippen LogP contribution in [0.2, 0.25) is 0 Å². The van der Waals surface area contributed by atoms with Crippen LogP contribution in [0.4, 0.5) is 8.78 Å². The van der Waals surface area contributed by atoms with Gasteiger partial charge in [0.1, 0.15) is 23.2 Å². The van der Waals surface area contributed by atoms with Crippen LogP contribution in [-0.2, 0) is 19.6 Å². The molecule has 174 valence electrons. The molecule has 0 bridgehead atoms. The number of carbonyl (C=O) groups excluding carboxylic acids is 2. The summed E-state index contributed by atoms with van der Waals surface area (Å²) in [7, 11) is -3.62. The Balaban J connectivity index is 1.97. The number of rotatable bonds is 8. The number of halogens is 2. The van der Waals surface area contributed by atoms with E-state index in [4.69, 9.17) is 4.74 Å². The maximum absolute atomic E-state index is 13.8. The van der Waals surface area contributed by atoms with Crippen molar-refractivity contribution in [3.63, 3.8) is 0 Å². The van der Waals surface area contributed by atoms with Gasteiger partial charge in [0.2, 0.25) is 15.9 Å². The Morgan fingerprint density at radius 1 is 1.16 bits per heavy atom. The van der Waals surface area contributed by atoms with E-state index in [2.05, 4.69) is 10.6 Å². The van der Waals surface area contributed by atoms with Gasteiger partial charge in [0.25, 0.3) is 5.91 Å². The SMILES string of the molecule is CC1CN(S(=O)(=O)CCNC(=O)[C@@H](NC(=O)c2c(F)cccc2F)C(C)C)CC(C)O1. The summed E-state index contributed by atoms with van der Waals surface area (Å²) in [6, 6.07) is 1.92. The maximum atomic E-state index is 13.8. The van der Waals surface area contributed by atoms with E-state index < -0.39 is 51.0 Å². The Morgan fingerprint density at radius 3 is 2.23 bits per heavy atom. The van der Waals surface area contributed by atoms with Crippen molar-refractivity contribution < 1.29 is 31.5 Å². The van der Waals surface area contributed by atoms with Crippen LogP contribution in [0.3, 0.4) is 0 Å². The lowest BCUT2D eigenvalue weighted by atomic mass is 10.0. The molecule has 8 nitrogen and oxygen atoms in total. The van der Waals surface area contributed by atoms with Gasteiger partial charge in [-0.1, -0.05) is 19.9 Å². The van der Waals surface area contributed by atoms with E-state index in [0.717, 1.165) is 18.2 Å². The quantitative estimate of drug-likeness (QED) is 0.607. The Morgan fingerprint density at radius 2 is 1.71 bits per heavy atom. The first kappa shape index (κ1) is 25.2. The Bertz CT molecular complexity index is 880. The van der Waals surface area contributed by atoms with E-state index in [-0.39, 0.29) is 37.6 Å². The molecule has 2 N–H and O–H groups in total. The van der Waals surface area contributed by atoms with Crippen LogP contribution in [0.5, 0.6) is 0 Å². The minimum atomic E-state index is -3.62. The zero-order valence-electron chi connectivity index (χ0n) is 18.0. The van der Waals surface area contributed by atoms with Crippen LogP contribution in [0.1, 0.15) is 38.1 Å². The van der Waals surface area contributed by atoms with Gasteiger partial charge in [-0.2, -0.15) is 4.31 Å². The highest BCUT2D eigenvalue weighted by molar-refractivity contribution is 7.89. The van der Waals surface area contributed by atoms with Crippen molar-refractivity contribution >= 4 is 21.8 Å². The summed E-state index contributed by atoms with van der Waals surface area (Å²) in [5.74, 6) is -4.51. The fraction of sp³-hybridized carbons (Fsp3) is 0.600. The molecular weight excluding hydrogens is 432 g/mol. The van der Waals surface area contributed by atoms with Crippen molar-refractivity contribution in [2.45, 2.75) is 45.9 Å². The number of ether oxygens (including phenoxy) is 1. The second-order valence-electron chi connectivity index (χ2n) is 7.97. The summed E-state index contributed by atoms with van der Waals surface area (Å²) in [5, 5.41) is 4.82. The molecule has 0 aliphatic carbocycles. The van der Waals surface area contributed by atoms with Gasteiger partial charge in [0, 0.05) is 19.6 Å². The Labute approximate surface area is 181 Å². The van der Waals surface area contributed by atoms with E-state index in [1.54, 1.807) is 27.7 Å². The minimum Gasteiger partial charge on any atom is -0.373 e. The number of sulfonamides is 1. The second kappa shape index (κ2) is 10.5. The third-order valence-electron chi connectivity index (χ3n) is 4.86. The minimum absolute atomic E-state index is 0.172. The van der Waals surface area contributed by atoms with Crippen LogP contribution in [0.15, 0.2) is 18.2 Å². The van der Waals surface area contributed by atoms with Crippen LogP contribution in [0, 0.1) is 17.6 Å². The first-order chi connectivity index (χ1) is 14.4. The van der Waals surface area contributed by atoms with Crippen LogP contribution >= 0.6 is 0 Å². The molecular formula is C20H29F2N3O5S. The molecule has 1 heterocycles. The first-order valence-corrected chi connectivity index (χ1v) is 11.7. The van der Waals surface area contributed by atoms with E-state index in [9.17, 15) is 26.8 Å². The molecule has 0 aromatic heterocycles. The maximum Gasteiger partial charge on any atom is 0.257 e. The van der Waals surface area contributed by atoms with Gasteiger partial charge in [-0.3, -0.25) is 9.59 Å². The number of amides is 2. The fourth-order valence-corrected chi connectivity index (χ4v) is 4.86. The number of nitrogens with one attached hydrogen (secondary N) is 2. The van der Waals surface area contributed by atoms with Gasteiger partial charge in [-0.15, -0.1) is 0 Å². The molecule has 1 aromatic rings. The third-order valence-corrected chi connectivity index (χ3v) is 6.67. The van der Waals surface area contributed by atoms with Gasteiger partial charge >= 0.3 is 0 Å². The van der Waals surface area contributed by atoms with Crippen molar-refractivity contribution in [3.05, 3.63) is 35.4 Å². The fourth-order valence-electron chi connectivity index (χ4n) is 3.36. The molecule has 1 fully saturated rings. The molecule has 0 saturated carbocycles. The third kappa shape index (κ3) is 6.68. The number of carbonyl (C=O) groups is 2. The van der Waals surface area contributed by atoms with Gasteiger partial charge in [-0.25, -0.2) is 17.2 Å². The zero-order chi connectivity index (χ0) is 23.3. The topological polar surface area (TPSA) is 105 Å². The van der Waals surface area contributed by atoms with E-state index in [1.807, 2.05) is 0 Å². The van der Waals surface area contributed by atoms with Crippen LogP contribution < -0.4 is 10.6 Å². The van der Waals surface area contributed by atoms with Gasteiger partial charge in [0.05, 0.1) is 18.0 Å². The Kier molecular flexibility index (Phi) is 8.49. The Hall–Kier alpha value is -2.11. The predicted octanol–water partition coefficient (Wildman–Crippen LogP) is 1.27. The van der Waals surface area contributed by atoms with Crippen molar-refractivity contribution in [2.24, 2.45) is 5.92 Å². The highest BCUT2D eigenvalue weighted by Gasteiger charge is 2.31. The standard InChI is InChI=1S/C20H29F2N3O5S/c1-12(2)18(24-19(26)17-15(21)6-5-7-16(17)22)20(27)23-8-9-31(28,29)25-10-13(3)30-14(4)11-25/h5-7,12-14,18H,8-11H2,1-4H3,(H,23,27)(H,24,26)/t13?,14?,18-/m0/s1. The number of morpholine rings is 1. The molecule has 0 radical (unpaired) electrons. The molecule has 11 heteroatoms. The summed E-state index contributed by atoms with van der Waals surface area (Å²) in [6.07, 6.45) is -0.458. The lowest BCUT2D eigenvalue weighted by Gasteiger charge is -2.34. The van der Waals surface area contributed by atoms with E-state index >= 15 is 0 Å². The molecule has 2 rings (SSSR count). The van der Waals surface area contributed by atoms with Crippen molar-refractivity contribution in [1.29, 1.82) is 0 Å². The molecule has 2 unspecified atom stereocenters. The number of nitrogens with zero attached hydrogens (tertiary/aromatic N) is 1. The molecule has 1 aliphatic rings. The predicted molar refractivity (Wildman–Crippen MR) is 111 cm³/mol. The summed E-state index contributed by atoms with van der Waals surface area (Å²) >= 11 is 0. The average Bonchev–Trinajstić information content (AvgIpc) is 2.64. The summed E-state index contributed by atoms with van der Waals surface area (Å²) in [6.45, 7) is 7.17. The number of benzene rings is 1. The summed E-state index contributed by atoms with van der Waals surface area (Å²) < 4.78 is 59.7.